The molecule has 1 aliphatic rings. The van der Waals surface area contributed by atoms with Crippen molar-refractivity contribution < 1.29 is 0 Å². The SMILES string of the molecule is CC1CC1Cn1ccnc1Nc1ccccc1. The highest BCUT2D eigenvalue weighted by molar-refractivity contribution is 5.53. The number of para-hydroxylation sites is 1. The number of aromatic nitrogens is 2. The molecule has 17 heavy (non-hydrogen) atoms. The fourth-order valence-corrected chi connectivity index (χ4v) is 2.14. The van der Waals surface area contributed by atoms with Gasteiger partial charge in [-0.05, 0) is 30.4 Å². The summed E-state index contributed by atoms with van der Waals surface area (Å²) < 4.78 is 2.21. The molecule has 0 radical (unpaired) electrons. The Kier molecular flexibility index (Phi) is 2.59. The van der Waals surface area contributed by atoms with E-state index in [1.54, 1.807) is 0 Å². The number of hydrogen-bond acceptors (Lipinski definition) is 2. The second kappa shape index (κ2) is 4.24. The normalized spacial score (nSPS) is 22.4. The fraction of sp³-hybridized carbons (Fsp3) is 0.357. The van der Waals surface area contributed by atoms with Crippen LogP contribution in [0.2, 0.25) is 0 Å². The van der Waals surface area contributed by atoms with E-state index >= 15 is 0 Å². The number of anilines is 2. The molecule has 2 atom stereocenters. The summed E-state index contributed by atoms with van der Waals surface area (Å²) in [5, 5.41) is 3.35. The molecule has 1 aliphatic carbocycles. The van der Waals surface area contributed by atoms with Crippen LogP contribution in [0.15, 0.2) is 42.7 Å². The quantitative estimate of drug-likeness (QED) is 0.868. The Labute approximate surface area is 101 Å². The molecule has 0 bridgehead atoms. The van der Waals surface area contributed by atoms with E-state index in [1.165, 1.54) is 6.42 Å². The van der Waals surface area contributed by atoms with Crippen LogP contribution in [0.4, 0.5) is 11.6 Å². The van der Waals surface area contributed by atoms with E-state index in [9.17, 15) is 0 Å². The number of nitrogens with zero attached hydrogens (tertiary/aromatic N) is 2. The minimum Gasteiger partial charge on any atom is -0.326 e. The number of rotatable bonds is 4. The van der Waals surface area contributed by atoms with E-state index < -0.39 is 0 Å². The Morgan fingerprint density at radius 2 is 2.12 bits per heavy atom. The van der Waals surface area contributed by atoms with Gasteiger partial charge in [-0.3, -0.25) is 0 Å². The summed E-state index contributed by atoms with van der Waals surface area (Å²) >= 11 is 0. The molecule has 0 amide bonds. The average Bonchev–Trinajstić information content (AvgIpc) is 2.86. The molecular weight excluding hydrogens is 210 g/mol. The van der Waals surface area contributed by atoms with Crippen LogP contribution in [0, 0.1) is 11.8 Å². The van der Waals surface area contributed by atoms with Crippen molar-refractivity contribution in [3.05, 3.63) is 42.7 Å². The zero-order valence-electron chi connectivity index (χ0n) is 10.0. The lowest BCUT2D eigenvalue weighted by atomic mass is 10.3. The van der Waals surface area contributed by atoms with Gasteiger partial charge in [0, 0.05) is 24.6 Å². The maximum atomic E-state index is 4.37. The van der Waals surface area contributed by atoms with Gasteiger partial charge in [-0.15, -0.1) is 0 Å². The van der Waals surface area contributed by atoms with Crippen molar-refractivity contribution in [2.45, 2.75) is 19.9 Å². The van der Waals surface area contributed by atoms with Crippen molar-refractivity contribution in [2.24, 2.45) is 11.8 Å². The van der Waals surface area contributed by atoms with E-state index in [0.717, 1.165) is 30.0 Å². The van der Waals surface area contributed by atoms with Crippen molar-refractivity contribution in [1.82, 2.24) is 9.55 Å². The van der Waals surface area contributed by atoms with Gasteiger partial charge < -0.3 is 9.88 Å². The second-order valence-corrected chi connectivity index (χ2v) is 4.87. The first-order chi connectivity index (χ1) is 8.33. The fourth-order valence-electron chi connectivity index (χ4n) is 2.14. The van der Waals surface area contributed by atoms with Crippen LogP contribution in [0.3, 0.4) is 0 Å². The smallest absolute Gasteiger partial charge is 0.207 e. The van der Waals surface area contributed by atoms with Crippen LogP contribution < -0.4 is 5.32 Å². The molecule has 2 aromatic rings. The average molecular weight is 227 g/mol. The van der Waals surface area contributed by atoms with Crippen LogP contribution in [0.5, 0.6) is 0 Å². The summed E-state index contributed by atoms with van der Waals surface area (Å²) in [7, 11) is 0. The number of hydrogen-bond donors (Lipinski definition) is 1. The molecule has 3 rings (SSSR count). The van der Waals surface area contributed by atoms with Gasteiger partial charge in [0.2, 0.25) is 5.95 Å². The van der Waals surface area contributed by atoms with E-state index in [4.69, 9.17) is 0 Å². The van der Waals surface area contributed by atoms with Gasteiger partial charge in [0.1, 0.15) is 0 Å². The lowest BCUT2D eigenvalue weighted by Gasteiger charge is -2.09. The van der Waals surface area contributed by atoms with Crippen molar-refractivity contribution in [1.29, 1.82) is 0 Å². The summed E-state index contributed by atoms with van der Waals surface area (Å²) in [5.41, 5.74) is 1.09. The van der Waals surface area contributed by atoms with Crippen LogP contribution in [0.25, 0.3) is 0 Å². The van der Waals surface area contributed by atoms with Gasteiger partial charge in [0.25, 0.3) is 0 Å². The highest BCUT2D eigenvalue weighted by Crippen LogP contribution is 2.39. The summed E-state index contributed by atoms with van der Waals surface area (Å²) in [6.07, 6.45) is 5.26. The molecule has 1 N–H and O–H groups in total. The lowest BCUT2D eigenvalue weighted by Crippen LogP contribution is -2.05. The Balaban J connectivity index is 1.73. The van der Waals surface area contributed by atoms with Crippen LogP contribution in [-0.4, -0.2) is 9.55 Å². The minimum absolute atomic E-state index is 0.834. The predicted octanol–water partition coefficient (Wildman–Crippen LogP) is 3.28. The Bertz CT molecular complexity index is 489. The van der Waals surface area contributed by atoms with Gasteiger partial charge in [-0.25, -0.2) is 4.98 Å². The number of nitrogens with one attached hydrogen (secondary N) is 1. The van der Waals surface area contributed by atoms with Gasteiger partial charge in [-0.2, -0.15) is 0 Å². The number of benzene rings is 1. The van der Waals surface area contributed by atoms with Crippen LogP contribution in [0.1, 0.15) is 13.3 Å². The molecule has 0 saturated heterocycles. The molecule has 1 aromatic carbocycles. The van der Waals surface area contributed by atoms with Gasteiger partial charge in [0.15, 0.2) is 0 Å². The second-order valence-electron chi connectivity index (χ2n) is 4.87. The zero-order chi connectivity index (χ0) is 11.7. The van der Waals surface area contributed by atoms with Crippen LogP contribution in [-0.2, 0) is 6.54 Å². The predicted molar refractivity (Wildman–Crippen MR) is 69.2 cm³/mol. The first-order valence-electron chi connectivity index (χ1n) is 6.16. The first-order valence-corrected chi connectivity index (χ1v) is 6.16. The minimum atomic E-state index is 0.834. The lowest BCUT2D eigenvalue weighted by molar-refractivity contribution is 0.599. The molecule has 2 unspecified atom stereocenters. The zero-order valence-corrected chi connectivity index (χ0v) is 10.0. The van der Waals surface area contributed by atoms with Crippen molar-refractivity contribution in [3.63, 3.8) is 0 Å². The molecule has 0 aliphatic heterocycles. The molecule has 1 fully saturated rings. The molecule has 3 nitrogen and oxygen atoms in total. The molecule has 0 spiro atoms. The molecule has 1 saturated carbocycles. The van der Waals surface area contributed by atoms with Crippen molar-refractivity contribution in [3.8, 4) is 0 Å². The standard InChI is InChI=1S/C14H17N3/c1-11-9-12(11)10-17-8-7-15-14(17)16-13-5-3-2-4-6-13/h2-8,11-12H,9-10H2,1H3,(H,15,16). The van der Waals surface area contributed by atoms with Crippen molar-refractivity contribution in [2.75, 3.05) is 5.32 Å². The third kappa shape index (κ3) is 2.33. The first kappa shape index (κ1) is 10.4. The molecule has 1 heterocycles. The molecular formula is C14H17N3. The largest absolute Gasteiger partial charge is 0.326 e. The van der Waals surface area contributed by atoms with Crippen LogP contribution >= 0.6 is 0 Å². The Morgan fingerprint density at radius 3 is 2.82 bits per heavy atom. The van der Waals surface area contributed by atoms with E-state index in [2.05, 4.69) is 40.1 Å². The molecule has 3 heteroatoms. The molecule has 88 valence electrons. The van der Waals surface area contributed by atoms with E-state index in [0.29, 0.717) is 0 Å². The highest BCUT2D eigenvalue weighted by Gasteiger charge is 2.32. The summed E-state index contributed by atoms with van der Waals surface area (Å²) in [5.74, 6) is 2.65. The van der Waals surface area contributed by atoms with Crippen molar-refractivity contribution >= 4 is 11.6 Å². The number of imidazole rings is 1. The maximum absolute atomic E-state index is 4.37. The Morgan fingerprint density at radius 1 is 1.35 bits per heavy atom. The third-order valence-electron chi connectivity index (χ3n) is 3.45. The van der Waals surface area contributed by atoms with E-state index in [-0.39, 0.29) is 0 Å². The summed E-state index contributed by atoms with van der Waals surface area (Å²) in [6.45, 7) is 3.39. The van der Waals surface area contributed by atoms with Gasteiger partial charge >= 0.3 is 0 Å². The third-order valence-corrected chi connectivity index (χ3v) is 3.45. The van der Waals surface area contributed by atoms with E-state index in [1.807, 2.05) is 24.4 Å². The monoisotopic (exact) mass is 227 g/mol. The maximum Gasteiger partial charge on any atom is 0.207 e. The Hall–Kier alpha value is -1.77. The highest BCUT2D eigenvalue weighted by atomic mass is 15.2. The van der Waals surface area contributed by atoms with Gasteiger partial charge in [-0.1, -0.05) is 25.1 Å². The molecule has 1 aromatic heterocycles. The summed E-state index contributed by atoms with van der Waals surface area (Å²) in [6, 6.07) is 10.2. The topological polar surface area (TPSA) is 29.9 Å². The van der Waals surface area contributed by atoms with Gasteiger partial charge in [0.05, 0.1) is 0 Å². The summed E-state index contributed by atoms with van der Waals surface area (Å²) in [4.78, 5) is 4.37.